The van der Waals surface area contributed by atoms with Gasteiger partial charge in [-0.1, -0.05) is 72.1 Å². The molecule has 3 atom stereocenters. The van der Waals surface area contributed by atoms with E-state index in [0.29, 0.717) is 19.3 Å². The smallest absolute Gasteiger partial charge is 0.852 e. The van der Waals surface area contributed by atoms with Crippen molar-refractivity contribution in [1.82, 2.24) is 0 Å². The predicted octanol–water partition coefficient (Wildman–Crippen LogP) is 4.04. The van der Waals surface area contributed by atoms with Crippen LogP contribution in [0, 0.1) is 11.5 Å². The summed E-state index contributed by atoms with van der Waals surface area (Å²) in [6.07, 6.45) is 8.69. The summed E-state index contributed by atoms with van der Waals surface area (Å²) < 4.78 is 0. The zero-order chi connectivity index (χ0) is 22.9. The van der Waals surface area contributed by atoms with Crippen molar-refractivity contribution in [3.63, 3.8) is 0 Å². The van der Waals surface area contributed by atoms with E-state index >= 15 is 0 Å². The van der Waals surface area contributed by atoms with Gasteiger partial charge >= 0.3 is 21.7 Å². The monoisotopic (exact) mass is 438 g/mol. The van der Waals surface area contributed by atoms with Crippen molar-refractivity contribution < 1.29 is 37.0 Å². The predicted molar refractivity (Wildman–Crippen MR) is 117 cm³/mol. The molecular weight excluding hydrogens is 396 g/mol. The van der Waals surface area contributed by atoms with Crippen molar-refractivity contribution in [2.45, 2.75) is 93.0 Å². The van der Waals surface area contributed by atoms with Crippen LogP contribution in [0.2, 0.25) is 0 Å². The second-order valence-electron chi connectivity index (χ2n) is 7.63. The first kappa shape index (κ1) is 35.7. The van der Waals surface area contributed by atoms with Crippen LogP contribution in [0.3, 0.4) is 0 Å². The van der Waals surface area contributed by atoms with Crippen molar-refractivity contribution in [3.8, 4) is 0 Å². The SMILES string of the molecule is C=CCC(C)[O-].C=CCC(C)[O-].C=CCC(C)[O-].CC1=[C-]C(C)(C)C(C)=C1C.[Ti+4]. The molecule has 1 rings (SSSR count). The molecule has 1 aliphatic rings. The third kappa shape index (κ3) is 23.4. The minimum atomic E-state index is -0.470. The first-order valence-corrected chi connectivity index (χ1v) is 9.86. The van der Waals surface area contributed by atoms with E-state index in [4.69, 9.17) is 0 Å². The van der Waals surface area contributed by atoms with Gasteiger partial charge in [-0.05, 0) is 19.3 Å². The minimum absolute atomic E-state index is 0. The molecule has 0 bridgehead atoms. The van der Waals surface area contributed by atoms with Gasteiger partial charge in [0, 0.05) is 0 Å². The van der Waals surface area contributed by atoms with Crippen LogP contribution < -0.4 is 15.3 Å². The average molecular weight is 438 g/mol. The van der Waals surface area contributed by atoms with Crippen LogP contribution in [-0.4, -0.2) is 18.3 Å². The van der Waals surface area contributed by atoms with Crippen LogP contribution >= 0.6 is 0 Å². The summed E-state index contributed by atoms with van der Waals surface area (Å²) in [5.74, 6) is 0. The summed E-state index contributed by atoms with van der Waals surface area (Å²) in [6, 6.07) is 0. The molecule has 0 saturated carbocycles. The van der Waals surface area contributed by atoms with Gasteiger partial charge < -0.3 is 15.3 Å². The zero-order valence-corrected chi connectivity index (χ0v) is 21.5. The molecule has 0 aromatic rings. The Morgan fingerprint density at radius 1 is 0.793 bits per heavy atom. The second kappa shape index (κ2) is 20.6. The maximum absolute atomic E-state index is 10.1. The molecule has 0 aromatic heterocycles. The van der Waals surface area contributed by atoms with Gasteiger partial charge in [-0.2, -0.15) is 11.1 Å². The molecule has 1 aliphatic carbocycles. The molecule has 0 heterocycles. The largest absolute Gasteiger partial charge is 4.00 e. The Morgan fingerprint density at radius 2 is 1.07 bits per heavy atom. The maximum Gasteiger partial charge on any atom is 4.00 e. The molecule has 0 aromatic carbocycles. The fraction of sp³-hybridized carbons (Fsp3) is 0.600. The van der Waals surface area contributed by atoms with E-state index in [9.17, 15) is 15.3 Å². The third-order valence-corrected chi connectivity index (χ3v) is 4.06. The molecule has 0 fully saturated rings. The van der Waals surface area contributed by atoms with Crippen molar-refractivity contribution in [2.24, 2.45) is 5.41 Å². The van der Waals surface area contributed by atoms with Gasteiger partial charge in [-0.15, -0.1) is 45.0 Å². The quantitative estimate of drug-likeness (QED) is 0.357. The van der Waals surface area contributed by atoms with Gasteiger partial charge in [-0.3, -0.25) is 6.08 Å². The second-order valence-corrected chi connectivity index (χ2v) is 7.63. The van der Waals surface area contributed by atoms with E-state index in [0.717, 1.165) is 0 Å². The topological polar surface area (TPSA) is 69.2 Å². The van der Waals surface area contributed by atoms with E-state index in [1.165, 1.54) is 16.7 Å². The van der Waals surface area contributed by atoms with Crippen molar-refractivity contribution in [1.29, 1.82) is 0 Å². The molecule has 3 nitrogen and oxygen atoms in total. The van der Waals surface area contributed by atoms with Crippen molar-refractivity contribution >= 4 is 0 Å². The summed E-state index contributed by atoms with van der Waals surface area (Å²) in [4.78, 5) is 0. The molecule has 0 N–H and O–H groups in total. The fourth-order valence-corrected chi connectivity index (χ4v) is 2.11. The molecule has 0 radical (unpaired) electrons. The van der Waals surface area contributed by atoms with Crippen LogP contribution in [0.4, 0.5) is 0 Å². The van der Waals surface area contributed by atoms with Gasteiger partial charge in [-0.25, -0.2) is 5.57 Å². The minimum Gasteiger partial charge on any atom is -0.852 e. The van der Waals surface area contributed by atoms with Crippen LogP contribution in [0.5, 0.6) is 0 Å². The molecule has 0 saturated heterocycles. The number of allylic oxidation sites excluding steroid dienone is 4. The zero-order valence-electron chi connectivity index (χ0n) is 19.9. The van der Waals surface area contributed by atoms with Crippen molar-refractivity contribution in [3.05, 3.63) is 60.8 Å². The first-order chi connectivity index (χ1) is 12.8. The molecule has 164 valence electrons. The standard InChI is InChI=1S/C10H15.3C5H9O.Ti/c1-7-6-10(4,5)9(3)8(7)2;3*1-3-4-5(2)6;/h1-5H3;3*3,5H,1,4H2,2H3;/q4*-1;+4. The van der Waals surface area contributed by atoms with Crippen LogP contribution in [0.1, 0.15) is 74.7 Å². The molecule has 29 heavy (non-hydrogen) atoms. The Bertz CT molecular complexity index is 465. The van der Waals surface area contributed by atoms with Gasteiger partial charge in [0.25, 0.3) is 0 Å². The number of rotatable bonds is 6. The first-order valence-electron chi connectivity index (χ1n) is 9.86. The summed E-state index contributed by atoms with van der Waals surface area (Å²) in [5, 5.41) is 30.2. The molecule has 0 amide bonds. The van der Waals surface area contributed by atoms with Gasteiger partial charge in [0.1, 0.15) is 0 Å². The Labute approximate surface area is 195 Å². The number of hydrogen-bond acceptors (Lipinski definition) is 3. The Morgan fingerprint density at radius 3 is 1.10 bits per heavy atom. The average Bonchev–Trinajstić information content (AvgIpc) is 2.71. The molecular formula is C25H42O3Ti. The third-order valence-electron chi connectivity index (χ3n) is 4.06. The summed E-state index contributed by atoms with van der Waals surface area (Å²) >= 11 is 0. The van der Waals surface area contributed by atoms with Crippen LogP contribution in [-0.2, 0) is 21.7 Å². The normalized spacial score (nSPS) is 16.6. The maximum atomic E-state index is 10.1. The van der Waals surface area contributed by atoms with E-state index in [2.05, 4.69) is 60.4 Å². The molecule has 3 unspecified atom stereocenters. The fourth-order valence-electron chi connectivity index (χ4n) is 2.11. The van der Waals surface area contributed by atoms with E-state index in [-0.39, 0.29) is 27.1 Å². The molecule has 0 spiro atoms. The Kier molecular flexibility index (Phi) is 25.3. The van der Waals surface area contributed by atoms with Crippen LogP contribution in [0.15, 0.2) is 54.7 Å². The Balaban J connectivity index is -0.000000147. The van der Waals surface area contributed by atoms with E-state index < -0.39 is 18.3 Å². The van der Waals surface area contributed by atoms with Gasteiger partial charge in [0.05, 0.1) is 0 Å². The number of hydrogen-bond donors (Lipinski definition) is 0. The van der Waals surface area contributed by atoms with Crippen LogP contribution in [0.25, 0.3) is 0 Å². The van der Waals surface area contributed by atoms with E-state index in [1.54, 1.807) is 39.0 Å². The Hall–Kier alpha value is -0.706. The van der Waals surface area contributed by atoms with Crippen molar-refractivity contribution in [2.75, 3.05) is 0 Å². The summed E-state index contributed by atoms with van der Waals surface area (Å²) in [6.45, 7) is 26.0. The molecule has 0 aliphatic heterocycles. The summed E-state index contributed by atoms with van der Waals surface area (Å²) in [7, 11) is 0. The van der Waals surface area contributed by atoms with Gasteiger partial charge in [0.2, 0.25) is 0 Å². The van der Waals surface area contributed by atoms with E-state index in [1.807, 2.05) is 0 Å². The molecule has 4 heteroatoms. The summed E-state index contributed by atoms with van der Waals surface area (Å²) in [5.41, 5.74) is 4.39. The van der Waals surface area contributed by atoms with Gasteiger partial charge in [0.15, 0.2) is 0 Å².